The molecule has 1 aromatic heterocycles. The lowest BCUT2D eigenvalue weighted by Gasteiger charge is -2.15. The van der Waals surface area contributed by atoms with Crippen LogP contribution >= 0.6 is 22.9 Å². The van der Waals surface area contributed by atoms with Crippen LogP contribution in [0.1, 0.15) is 38.8 Å². The second kappa shape index (κ2) is 6.11. The molecule has 1 heterocycles. The monoisotopic (exact) mass is 325 g/mol. The highest BCUT2D eigenvalue weighted by Crippen LogP contribution is 2.27. The number of benzene rings is 1. The molecule has 1 unspecified atom stereocenters. The van der Waals surface area contributed by atoms with Crippen LogP contribution in [0.25, 0.3) is 0 Å². The van der Waals surface area contributed by atoms with Gasteiger partial charge in [0.1, 0.15) is 5.01 Å². The number of hydrogen-bond acceptors (Lipinski definition) is 5. The molecule has 0 fully saturated rings. The van der Waals surface area contributed by atoms with Gasteiger partial charge in [-0.1, -0.05) is 11.6 Å². The molecule has 2 rings (SSSR count). The average molecular weight is 326 g/mol. The maximum atomic E-state index is 11.4. The minimum Gasteiger partial charge on any atom is -0.476 e. The number of nitrogens with one attached hydrogen (secondary N) is 1. The first-order valence-electron chi connectivity index (χ1n) is 5.93. The zero-order chi connectivity index (χ0) is 15.6. The molecule has 21 heavy (non-hydrogen) atoms. The maximum absolute atomic E-state index is 11.4. The smallest absolute Gasteiger partial charge is 0.355 e. The van der Waals surface area contributed by atoms with Crippen LogP contribution in [-0.4, -0.2) is 22.0 Å². The number of nitrogens with zero attached hydrogens (tertiary/aromatic N) is 1. The molecule has 1 amide bonds. The molecule has 0 aliphatic heterocycles. The Labute approximate surface area is 129 Å². The van der Waals surface area contributed by atoms with Gasteiger partial charge in [0.25, 0.3) is 5.91 Å². The van der Waals surface area contributed by atoms with Crippen molar-refractivity contribution in [3.05, 3.63) is 44.9 Å². The number of rotatable bonds is 5. The largest absolute Gasteiger partial charge is 0.476 e. The number of primary amides is 1. The molecule has 0 spiro atoms. The Kier molecular flexibility index (Phi) is 4.44. The minimum absolute atomic E-state index is 0.00938. The van der Waals surface area contributed by atoms with E-state index in [1.54, 1.807) is 19.1 Å². The number of halogens is 1. The first-order chi connectivity index (χ1) is 9.88. The van der Waals surface area contributed by atoms with Crippen molar-refractivity contribution in [2.24, 2.45) is 5.73 Å². The van der Waals surface area contributed by atoms with Crippen LogP contribution < -0.4 is 11.1 Å². The minimum atomic E-state index is -1.08. The number of carbonyl (C=O) groups is 2. The van der Waals surface area contributed by atoms with E-state index in [2.05, 4.69) is 10.3 Å². The number of carbonyl (C=O) groups excluding carboxylic acids is 1. The Morgan fingerprint density at radius 3 is 2.76 bits per heavy atom. The fourth-order valence-corrected chi connectivity index (χ4v) is 2.70. The average Bonchev–Trinajstić information content (AvgIpc) is 2.88. The number of nitrogens with two attached hydrogens (primary N) is 1. The zero-order valence-electron chi connectivity index (χ0n) is 11.0. The van der Waals surface area contributed by atoms with E-state index in [0.717, 1.165) is 0 Å². The van der Waals surface area contributed by atoms with Gasteiger partial charge in [0.2, 0.25) is 0 Å². The van der Waals surface area contributed by atoms with Crippen molar-refractivity contribution in [1.82, 2.24) is 4.98 Å². The summed E-state index contributed by atoms with van der Waals surface area (Å²) in [6, 6.07) is 4.40. The van der Waals surface area contributed by atoms with E-state index >= 15 is 0 Å². The Balaban J connectivity index is 2.26. The highest BCUT2D eigenvalue weighted by atomic mass is 35.5. The van der Waals surface area contributed by atoms with Gasteiger partial charge in [-0.3, -0.25) is 4.79 Å². The standard InChI is InChI=1S/C13H12ClN3O3S/c1-6(12-17-10(5-21-12)13(19)20)16-9-4-7(14)2-3-8(9)11(15)18/h2-6,16H,1H3,(H2,15,18)(H,19,20). The maximum Gasteiger partial charge on any atom is 0.355 e. The van der Waals surface area contributed by atoms with E-state index in [9.17, 15) is 9.59 Å². The van der Waals surface area contributed by atoms with Gasteiger partial charge >= 0.3 is 5.97 Å². The summed E-state index contributed by atoms with van der Waals surface area (Å²) in [6.45, 7) is 1.80. The van der Waals surface area contributed by atoms with Gasteiger partial charge in [-0.2, -0.15) is 0 Å². The van der Waals surface area contributed by atoms with E-state index in [4.69, 9.17) is 22.4 Å². The summed E-state index contributed by atoms with van der Waals surface area (Å²) in [6.07, 6.45) is 0. The van der Waals surface area contributed by atoms with E-state index < -0.39 is 11.9 Å². The summed E-state index contributed by atoms with van der Waals surface area (Å²) in [5.74, 6) is -1.66. The normalized spacial score (nSPS) is 11.9. The molecule has 110 valence electrons. The first-order valence-corrected chi connectivity index (χ1v) is 7.19. The van der Waals surface area contributed by atoms with Crippen LogP contribution in [0.15, 0.2) is 23.6 Å². The number of aromatic carboxylic acids is 1. The van der Waals surface area contributed by atoms with Crippen LogP contribution in [0.3, 0.4) is 0 Å². The molecular weight excluding hydrogens is 314 g/mol. The van der Waals surface area contributed by atoms with Gasteiger partial charge in [-0.15, -0.1) is 11.3 Å². The van der Waals surface area contributed by atoms with Gasteiger partial charge in [0.15, 0.2) is 5.69 Å². The summed E-state index contributed by atoms with van der Waals surface area (Å²) in [5.41, 5.74) is 6.09. The lowest BCUT2D eigenvalue weighted by Crippen LogP contribution is -2.16. The third-order valence-electron chi connectivity index (χ3n) is 2.73. The van der Waals surface area contributed by atoms with Gasteiger partial charge < -0.3 is 16.2 Å². The second-order valence-electron chi connectivity index (χ2n) is 4.30. The summed E-state index contributed by atoms with van der Waals surface area (Å²) in [5, 5.41) is 14.4. The number of thiazole rings is 1. The predicted molar refractivity (Wildman–Crippen MR) is 81.1 cm³/mol. The van der Waals surface area contributed by atoms with Crippen molar-refractivity contribution in [2.45, 2.75) is 13.0 Å². The number of hydrogen-bond donors (Lipinski definition) is 3. The lowest BCUT2D eigenvalue weighted by molar-refractivity contribution is 0.0691. The summed E-state index contributed by atoms with van der Waals surface area (Å²) < 4.78 is 0. The molecule has 1 aromatic carbocycles. The van der Waals surface area contributed by atoms with Gasteiger partial charge in [0.05, 0.1) is 11.6 Å². The fourth-order valence-electron chi connectivity index (χ4n) is 1.73. The molecule has 0 saturated heterocycles. The predicted octanol–water partition coefficient (Wildman–Crippen LogP) is 2.77. The lowest BCUT2D eigenvalue weighted by atomic mass is 10.1. The molecule has 1 atom stereocenters. The van der Waals surface area contributed by atoms with Gasteiger partial charge in [-0.25, -0.2) is 9.78 Å². The Bertz CT molecular complexity index is 702. The first kappa shape index (κ1) is 15.3. The number of anilines is 1. The molecule has 0 aliphatic rings. The van der Waals surface area contributed by atoms with Gasteiger partial charge in [-0.05, 0) is 25.1 Å². The van der Waals surface area contributed by atoms with Crippen LogP contribution in [-0.2, 0) is 0 Å². The Morgan fingerprint density at radius 2 is 2.19 bits per heavy atom. The van der Waals surface area contributed by atoms with Crippen molar-refractivity contribution in [3.8, 4) is 0 Å². The number of carboxylic acid groups (broad SMARTS) is 1. The van der Waals surface area contributed by atoms with Gasteiger partial charge in [0, 0.05) is 16.1 Å². The summed E-state index contributed by atoms with van der Waals surface area (Å²) >= 11 is 7.13. The molecule has 0 aliphatic carbocycles. The van der Waals surface area contributed by atoms with E-state index in [0.29, 0.717) is 21.3 Å². The van der Waals surface area contributed by atoms with E-state index in [-0.39, 0.29) is 11.7 Å². The van der Waals surface area contributed by atoms with E-state index in [1.165, 1.54) is 22.8 Å². The highest BCUT2D eigenvalue weighted by Gasteiger charge is 2.16. The molecule has 0 bridgehead atoms. The number of aromatic nitrogens is 1. The third kappa shape index (κ3) is 3.50. The molecule has 0 radical (unpaired) electrons. The molecule has 8 heteroatoms. The van der Waals surface area contributed by atoms with Crippen molar-refractivity contribution < 1.29 is 14.7 Å². The fraction of sp³-hybridized carbons (Fsp3) is 0.154. The molecule has 4 N–H and O–H groups in total. The third-order valence-corrected chi connectivity index (χ3v) is 3.99. The van der Waals surface area contributed by atoms with Crippen LogP contribution in [0.2, 0.25) is 5.02 Å². The summed E-state index contributed by atoms with van der Waals surface area (Å²) in [4.78, 5) is 26.2. The molecule has 2 aromatic rings. The summed E-state index contributed by atoms with van der Waals surface area (Å²) in [7, 11) is 0. The zero-order valence-corrected chi connectivity index (χ0v) is 12.5. The topological polar surface area (TPSA) is 105 Å². The van der Waals surface area contributed by atoms with Crippen LogP contribution in [0.5, 0.6) is 0 Å². The molecular formula is C13H12ClN3O3S. The second-order valence-corrected chi connectivity index (χ2v) is 5.62. The Hall–Kier alpha value is -2.12. The number of carboxylic acids is 1. The van der Waals surface area contributed by atoms with Crippen molar-refractivity contribution in [1.29, 1.82) is 0 Å². The van der Waals surface area contributed by atoms with Crippen LogP contribution in [0.4, 0.5) is 5.69 Å². The van der Waals surface area contributed by atoms with Crippen molar-refractivity contribution in [3.63, 3.8) is 0 Å². The molecule has 0 saturated carbocycles. The van der Waals surface area contributed by atoms with Crippen molar-refractivity contribution in [2.75, 3.05) is 5.32 Å². The van der Waals surface area contributed by atoms with E-state index in [1.807, 2.05) is 0 Å². The Morgan fingerprint density at radius 1 is 1.48 bits per heavy atom. The molecule has 6 nitrogen and oxygen atoms in total. The highest BCUT2D eigenvalue weighted by molar-refractivity contribution is 7.09. The number of amides is 1. The van der Waals surface area contributed by atoms with Crippen LogP contribution in [0, 0.1) is 0 Å². The quantitative estimate of drug-likeness (QED) is 0.783. The van der Waals surface area contributed by atoms with Crippen molar-refractivity contribution >= 4 is 40.5 Å². The SMILES string of the molecule is CC(Nc1cc(Cl)ccc1C(N)=O)c1nc(C(=O)O)cs1.